The van der Waals surface area contributed by atoms with Crippen molar-refractivity contribution in [3.8, 4) is 0 Å². The van der Waals surface area contributed by atoms with E-state index in [1.807, 2.05) is 13.8 Å². The molecule has 4 heteroatoms. The van der Waals surface area contributed by atoms with Crippen LogP contribution in [0.2, 0.25) is 0 Å². The molecular weight excluding hydrogens is 204 g/mol. The molecular formula is C12H26N2O2. The smallest absolute Gasteiger partial charge is 0.158 e. The van der Waals surface area contributed by atoms with E-state index < -0.39 is 0 Å². The molecule has 1 fully saturated rings. The van der Waals surface area contributed by atoms with E-state index in [-0.39, 0.29) is 6.29 Å². The van der Waals surface area contributed by atoms with Crippen molar-refractivity contribution >= 4 is 0 Å². The molecule has 0 saturated carbocycles. The second-order valence-electron chi connectivity index (χ2n) is 4.53. The van der Waals surface area contributed by atoms with E-state index in [1.54, 1.807) is 0 Å². The second kappa shape index (κ2) is 7.22. The highest BCUT2D eigenvalue weighted by atomic mass is 16.7. The van der Waals surface area contributed by atoms with Crippen molar-refractivity contribution in [3.05, 3.63) is 0 Å². The van der Waals surface area contributed by atoms with Gasteiger partial charge in [0, 0.05) is 45.3 Å². The average molecular weight is 230 g/mol. The largest absolute Gasteiger partial charge is 0.353 e. The molecule has 2 N–H and O–H groups in total. The highest BCUT2D eigenvalue weighted by Gasteiger charge is 2.26. The Kier molecular flexibility index (Phi) is 6.28. The summed E-state index contributed by atoms with van der Waals surface area (Å²) >= 11 is 0. The average Bonchev–Trinajstić information content (AvgIpc) is 2.56. The first-order chi connectivity index (χ1) is 7.67. The molecule has 2 unspecified atom stereocenters. The predicted molar refractivity (Wildman–Crippen MR) is 65.2 cm³/mol. The minimum absolute atomic E-state index is 0.0536. The number of ether oxygens (including phenoxy) is 2. The van der Waals surface area contributed by atoms with Gasteiger partial charge in [-0.25, -0.2) is 0 Å². The Bertz CT molecular complexity index is 172. The molecule has 1 heterocycles. The summed E-state index contributed by atoms with van der Waals surface area (Å²) in [5.74, 6) is 0.609. The van der Waals surface area contributed by atoms with Crippen LogP contribution in [0.4, 0.5) is 0 Å². The Labute approximate surface area is 99.1 Å². The van der Waals surface area contributed by atoms with E-state index in [0.717, 1.165) is 26.1 Å². The van der Waals surface area contributed by atoms with Crippen molar-refractivity contribution in [2.45, 2.75) is 39.5 Å². The molecule has 96 valence electrons. The highest BCUT2D eigenvalue weighted by Crippen LogP contribution is 2.15. The Morgan fingerprint density at radius 2 is 1.88 bits per heavy atom. The van der Waals surface area contributed by atoms with Crippen LogP contribution in [0, 0.1) is 5.92 Å². The molecule has 0 spiro atoms. The number of likely N-dealkylation sites (tertiary alicyclic amines) is 1. The molecule has 0 amide bonds. The Morgan fingerprint density at radius 3 is 2.31 bits per heavy atom. The molecule has 1 saturated heterocycles. The summed E-state index contributed by atoms with van der Waals surface area (Å²) in [5.41, 5.74) is 5.99. The van der Waals surface area contributed by atoms with Crippen LogP contribution in [-0.4, -0.2) is 50.1 Å². The summed E-state index contributed by atoms with van der Waals surface area (Å²) in [6, 6.07) is 0.331. The summed E-state index contributed by atoms with van der Waals surface area (Å²) in [6.45, 7) is 10.8. The van der Waals surface area contributed by atoms with Crippen LogP contribution in [0.1, 0.15) is 27.2 Å². The van der Waals surface area contributed by atoms with Gasteiger partial charge < -0.3 is 20.1 Å². The minimum atomic E-state index is -0.0536. The summed E-state index contributed by atoms with van der Waals surface area (Å²) in [4.78, 5) is 2.40. The van der Waals surface area contributed by atoms with Gasteiger partial charge in [-0.3, -0.25) is 0 Å². The van der Waals surface area contributed by atoms with Crippen LogP contribution in [0.3, 0.4) is 0 Å². The van der Waals surface area contributed by atoms with Crippen molar-refractivity contribution in [1.29, 1.82) is 0 Å². The molecule has 4 nitrogen and oxygen atoms in total. The van der Waals surface area contributed by atoms with Gasteiger partial charge in [-0.05, 0) is 19.8 Å². The standard InChI is InChI=1S/C12H26N2O2/c1-4-15-12(16-5-2)6-7-14-8-10(3)11(13)9-14/h10-12H,4-9,13H2,1-3H3. The number of hydrogen-bond acceptors (Lipinski definition) is 4. The molecule has 0 aromatic carbocycles. The van der Waals surface area contributed by atoms with Crippen LogP contribution in [0.25, 0.3) is 0 Å². The van der Waals surface area contributed by atoms with Gasteiger partial charge >= 0.3 is 0 Å². The molecule has 1 aliphatic heterocycles. The molecule has 1 rings (SSSR count). The van der Waals surface area contributed by atoms with Crippen LogP contribution < -0.4 is 5.73 Å². The fourth-order valence-corrected chi connectivity index (χ4v) is 2.15. The van der Waals surface area contributed by atoms with E-state index in [9.17, 15) is 0 Å². The van der Waals surface area contributed by atoms with Crippen LogP contribution in [0.15, 0.2) is 0 Å². The van der Waals surface area contributed by atoms with Crippen molar-refractivity contribution in [1.82, 2.24) is 4.90 Å². The summed E-state index contributed by atoms with van der Waals surface area (Å²) in [6.07, 6.45) is 0.878. The normalized spacial score (nSPS) is 26.8. The quantitative estimate of drug-likeness (QED) is 0.664. The molecule has 1 aliphatic rings. The van der Waals surface area contributed by atoms with Crippen molar-refractivity contribution in [2.24, 2.45) is 11.7 Å². The lowest BCUT2D eigenvalue weighted by atomic mass is 10.1. The minimum Gasteiger partial charge on any atom is -0.353 e. The van der Waals surface area contributed by atoms with E-state index in [0.29, 0.717) is 25.2 Å². The molecule has 16 heavy (non-hydrogen) atoms. The Balaban J connectivity index is 2.21. The number of rotatable bonds is 7. The summed E-state index contributed by atoms with van der Waals surface area (Å²) < 4.78 is 11.0. The third-order valence-electron chi connectivity index (χ3n) is 3.13. The van der Waals surface area contributed by atoms with Gasteiger partial charge in [-0.1, -0.05) is 6.92 Å². The number of nitrogens with zero attached hydrogens (tertiary/aromatic N) is 1. The van der Waals surface area contributed by atoms with Crippen molar-refractivity contribution in [3.63, 3.8) is 0 Å². The van der Waals surface area contributed by atoms with Gasteiger partial charge in [-0.15, -0.1) is 0 Å². The summed E-state index contributed by atoms with van der Waals surface area (Å²) in [7, 11) is 0. The van der Waals surface area contributed by atoms with Gasteiger partial charge in [0.05, 0.1) is 0 Å². The first kappa shape index (κ1) is 13.9. The van der Waals surface area contributed by atoms with E-state index in [4.69, 9.17) is 15.2 Å². The van der Waals surface area contributed by atoms with Gasteiger partial charge in [0.15, 0.2) is 6.29 Å². The first-order valence-electron chi connectivity index (χ1n) is 6.38. The SMILES string of the molecule is CCOC(CCN1CC(C)C(N)C1)OCC. The Morgan fingerprint density at radius 1 is 1.25 bits per heavy atom. The lowest BCUT2D eigenvalue weighted by Crippen LogP contribution is -2.31. The zero-order valence-corrected chi connectivity index (χ0v) is 10.8. The van der Waals surface area contributed by atoms with E-state index in [2.05, 4.69) is 11.8 Å². The third kappa shape index (κ3) is 4.37. The van der Waals surface area contributed by atoms with Crippen molar-refractivity contribution in [2.75, 3.05) is 32.8 Å². The maximum atomic E-state index is 5.99. The highest BCUT2D eigenvalue weighted by molar-refractivity contribution is 4.83. The number of hydrogen-bond donors (Lipinski definition) is 1. The van der Waals surface area contributed by atoms with Gasteiger partial charge in [-0.2, -0.15) is 0 Å². The molecule has 2 atom stereocenters. The fourth-order valence-electron chi connectivity index (χ4n) is 2.15. The molecule has 0 bridgehead atoms. The van der Waals surface area contributed by atoms with Crippen LogP contribution in [-0.2, 0) is 9.47 Å². The number of nitrogens with two attached hydrogens (primary N) is 1. The Hall–Kier alpha value is -0.160. The lowest BCUT2D eigenvalue weighted by Gasteiger charge is -2.21. The third-order valence-corrected chi connectivity index (χ3v) is 3.13. The maximum absolute atomic E-state index is 5.99. The maximum Gasteiger partial charge on any atom is 0.158 e. The van der Waals surface area contributed by atoms with Crippen LogP contribution >= 0.6 is 0 Å². The van der Waals surface area contributed by atoms with Gasteiger partial charge in [0.2, 0.25) is 0 Å². The van der Waals surface area contributed by atoms with Gasteiger partial charge in [0.1, 0.15) is 0 Å². The van der Waals surface area contributed by atoms with Crippen LogP contribution in [0.5, 0.6) is 0 Å². The molecule has 0 radical (unpaired) electrons. The topological polar surface area (TPSA) is 47.7 Å². The van der Waals surface area contributed by atoms with E-state index >= 15 is 0 Å². The molecule has 0 aromatic rings. The molecule has 0 aliphatic carbocycles. The first-order valence-corrected chi connectivity index (χ1v) is 6.38. The monoisotopic (exact) mass is 230 g/mol. The van der Waals surface area contributed by atoms with E-state index in [1.165, 1.54) is 0 Å². The second-order valence-corrected chi connectivity index (χ2v) is 4.53. The lowest BCUT2D eigenvalue weighted by molar-refractivity contribution is -0.141. The predicted octanol–water partition coefficient (Wildman–Crippen LogP) is 1.05. The zero-order valence-electron chi connectivity index (χ0n) is 10.8. The molecule has 0 aromatic heterocycles. The van der Waals surface area contributed by atoms with Gasteiger partial charge in [0.25, 0.3) is 0 Å². The van der Waals surface area contributed by atoms with Crippen molar-refractivity contribution < 1.29 is 9.47 Å². The zero-order chi connectivity index (χ0) is 12.0. The fraction of sp³-hybridized carbons (Fsp3) is 1.00. The summed E-state index contributed by atoms with van der Waals surface area (Å²) in [5, 5.41) is 0.